The number of aromatic nitrogens is 2. The number of anilines is 1. The molecule has 0 aromatic carbocycles. The molecule has 0 spiro atoms. The molecule has 0 unspecified atom stereocenters. The van der Waals surface area contributed by atoms with Crippen molar-refractivity contribution in [1.82, 2.24) is 9.55 Å². The topological polar surface area (TPSA) is 46.9 Å². The molecule has 0 fully saturated rings. The van der Waals surface area contributed by atoms with Gasteiger partial charge in [0, 0.05) is 42.9 Å². The molecule has 0 saturated carbocycles. The first-order valence-corrected chi connectivity index (χ1v) is 6.05. The predicted octanol–water partition coefficient (Wildman–Crippen LogP) is 2.18. The maximum absolute atomic E-state index is 11.8. The largest absolute Gasteiger partial charge is 0.381 e. The van der Waals surface area contributed by atoms with Crippen LogP contribution >= 0.6 is 0 Å². The van der Waals surface area contributed by atoms with Crippen LogP contribution in [-0.2, 0) is 13.1 Å². The second-order valence-corrected chi connectivity index (χ2v) is 4.18. The van der Waals surface area contributed by atoms with E-state index < -0.39 is 0 Å². The number of pyridine rings is 2. The van der Waals surface area contributed by atoms with Gasteiger partial charge < -0.3 is 9.88 Å². The molecule has 0 amide bonds. The summed E-state index contributed by atoms with van der Waals surface area (Å²) in [7, 11) is 0. The predicted molar refractivity (Wildman–Crippen MR) is 72.7 cm³/mol. The van der Waals surface area contributed by atoms with Crippen LogP contribution in [0.1, 0.15) is 18.2 Å². The van der Waals surface area contributed by atoms with E-state index >= 15 is 0 Å². The van der Waals surface area contributed by atoms with Gasteiger partial charge in [-0.1, -0.05) is 6.07 Å². The second kappa shape index (κ2) is 5.49. The highest BCUT2D eigenvalue weighted by Gasteiger charge is 2.01. The van der Waals surface area contributed by atoms with Crippen LogP contribution in [0.25, 0.3) is 0 Å². The first-order valence-electron chi connectivity index (χ1n) is 6.05. The van der Waals surface area contributed by atoms with Crippen molar-refractivity contribution in [2.24, 2.45) is 0 Å². The Morgan fingerprint density at radius 2 is 2.22 bits per heavy atom. The molecule has 4 nitrogen and oxygen atoms in total. The molecule has 2 rings (SSSR count). The molecule has 2 heterocycles. The summed E-state index contributed by atoms with van der Waals surface area (Å²) in [4.78, 5) is 15.9. The molecule has 2 aromatic heterocycles. The zero-order valence-corrected chi connectivity index (χ0v) is 10.7. The first-order chi connectivity index (χ1) is 8.70. The summed E-state index contributed by atoms with van der Waals surface area (Å²) >= 11 is 0. The molecule has 0 atom stereocenters. The number of hydrogen-bond acceptors (Lipinski definition) is 3. The maximum Gasteiger partial charge on any atom is 0.252 e. The van der Waals surface area contributed by atoms with E-state index in [9.17, 15) is 4.79 Å². The van der Waals surface area contributed by atoms with E-state index in [1.165, 1.54) is 0 Å². The Bertz CT molecular complexity index is 575. The van der Waals surface area contributed by atoms with Gasteiger partial charge >= 0.3 is 0 Å². The SMILES string of the molecule is CCn1c(C)cc(NCc2cccnc2)cc1=O. The van der Waals surface area contributed by atoms with Crippen LogP contribution in [0.4, 0.5) is 5.69 Å². The zero-order chi connectivity index (χ0) is 13.0. The molecular formula is C14H17N3O. The lowest BCUT2D eigenvalue weighted by atomic mass is 10.2. The van der Waals surface area contributed by atoms with Crippen molar-refractivity contribution in [1.29, 1.82) is 0 Å². The highest BCUT2D eigenvalue weighted by atomic mass is 16.1. The van der Waals surface area contributed by atoms with E-state index in [1.54, 1.807) is 16.8 Å². The summed E-state index contributed by atoms with van der Waals surface area (Å²) in [6.07, 6.45) is 3.56. The van der Waals surface area contributed by atoms with Crippen LogP contribution in [0.5, 0.6) is 0 Å². The van der Waals surface area contributed by atoms with Gasteiger partial charge in [0.25, 0.3) is 5.56 Å². The van der Waals surface area contributed by atoms with Crippen molar-refractivity contribution in [3.05, 3.63) is 58.3 Å². The number of hydrogen-bond donors (Lipinski definition) is 1. The lowest BCUT2D eigenvalue weighted by molar-refractivity contribution is 0.701. The third-order valence-electron chi connectivity index (χ3n) is 2.87. The van der Waals surface area contributed by atoms with Crippen molar-refractivity contribution in [2.75, 3.05) is 5.32 Å². The lowest BCUT2D eigenvalue weighted by Crippen LogP contribution is -2.21. The van der Waals surface area contributed by atoms with Crippen LogP contribution in [0, 0.1) is 6.92 Å². The molecule has 0 bridgehead atoms. The summed E-state index contributed by atoms with van der Waals surface area (Å²) in [5, 5.41) is 3.24. The number of rotatable bonds is 4. The van der Waals surface area contributed by atoms with Crippen LogP contribution in [0.2, 0.25) is 0 Å². The third kappa shape index (κ3) is 2.77. The van der Waals surface area contributed by atoms with Crippen molar-refractivity contribution in [3.8, 4) is 0 Å². The van der Waals surface area contributed by atoms with E-state index in [4.69, 9.17) is 0 Å². The average molecular weight is 243 g/mol. The average Bonchev–Trinajstić information content (AvgIpc) is 2.37. The molecular weight excluding hydrogens is 226 g/mol. The first kappa shape index (κ1) is 12.4. The Kier molecular flexibility index (Phi) is 3.77. The van der Waals surface area contributed by atoms with Crippen molar-refractivity contribution in [2.45, 2.75) is 26.9 Å². The fourth-order valence-electron chi connectivity index (χ4n) is 1.94. The molecule has 2 aromatic rings. The molecule has 0 aliphatic carbocycles. The highest BCUT2D eigenvalue weighted by Crippen LogP contribution is 2.08. The maximum atomic E-state index is 11.8. The van der Waals surface area contributed by atoms with Gasteiger partial charge in [-0.05, 0) is 31.5 Å². The van der Waals surface area contributed by atoms with Gasteiger partial charge in [0.1, 0.15) is 0 Å². The molecule has 18 heavy (non-hydrogen) atoms. The molecule has 0 aliphatic rings. The minimum Gasteiger partial charge on any atom is -0.381 e. The number of nitrogens with zero attached hydrogens (tertiary/aromatic N) is 2. The molecule has 4 heteroatoms. The van der Waals surface area contributed by atoms with Crippen LogP contribution in [-0.4, -0.2) is 9.55 Å². The van der Waals surface area contributed by atoms with Crippen LogP contribution in [0.3, 0.4) is 0 Å². The van der Waals surface area contributed by atoms with E-state index in [-0.39, 0.29) is 5.56 Å². The summed E-state index contributed by atoms with van der Waals surface area (Å²) in [5.74, 6) is 0. The molecule has 0 saturated heterocycles. The Morgan fingerprint density at radius 3 is 2.83 bits per heavy atom. The summed E-state index contributed by atoms with van der Waals surface area (Å²) in [6.45, 7) is 5.29. The van der Waals surface area contributed by atoms with Gasteiger partial charge in [0.2, 0.25) is 0 Å². The van der Waals surface area contributed by atoms with Crippen LogP contribution in [0.15, 0.2) is 41.5 Å². The smallest absolute Gasteiger partial charge is 0.252 e. The number of nitrogens with one attached hydrogen (secondary N) is 1. The Hall–Kier alpha value is -2.10. The molecule has 1 N–H and O–H groups in total. The van der Waals surface area contributed by atoms with E-state index in [0.717, 1.165) is 16.9 Å². The van der Waals surface area contributed by atoms with Crippen molar-refractivity contribution in [3.63, 3.8) is 0 Å². The molecule has 0 radical (unpaired) electrons. The third-order valence-corrected chi connectivity index (χ3v) is 2.87. The zero-order valence-electron chi connectivity index (χ0n) is 10.7. The molecule has 94 valence electrons. The Balaban J connectivity index is 2.14. The fourth-order valence-corrected chi connectivity index (χ4v) is 1.94. The van der Waals surface area contributed by atoms with Gasteiger partial charge in [0.15, 0.2) is 0 Å². The highest BCUT2D eigenvalue weighted by molar-refractivity contribution is 5.43. The van der Waals surface area contributed by atoms with Crippen molar-refractivity contribution < 1.29 is 0 Å². The molecule has 0 aliphatic heterocycles. The quantitative estimate of drug-likeness (QED) is 0.895. The number of aryl methyl sites for hydroxylation is 1. The van der Waals surface area contributed by atoms with Gasteiger partial charge in [0.05, 0.1) is 0 Å². The van der Waals surface area contributed by atoms with Gasteiger partial charge in [-0.25, -0.2) is 0 Å². The van der Waals surface area contributed by atoms with Gasteiger partial charge in [-0.3, -0.25) is 9.78 Å². The van der Waals surface area contributed by atoms with Gasteiger partial charge in [-0.2, -0.15) is 0 Å². The summed E-state index contributed by atoms with van der Waals surface area (Å²) in [6, 6.07) is 7.52. The monoisotopic (exact) mass is 243 g/mol. The fraction of sp³-hybridized carbons (Fsp3) is 0.286. The normalized spacial score (nSPS) is 10.3. The summed E-state index contributed by atoms with van der Waals surface area (Å²) < 4.78 is 1.75. The second-order valence-electron chi connectivity index (χ2n) is 4.18. The van der Waals surface area contributed by atoms with Crippen molar-refractivity contribution >= 4 is 5.69 Å². The minimum atomic E-state index is 0.0335. The van der Waals surface area contributed by atoms with E-state index in [0.29, 0.717) is 13.1 Å². The standard InChI is InChI=1S/C14H17N3O/c1-3-17-11(2)7-13(8-14(17)18)16-10-12-5-4-6-15-9-12/h4-9,16H,3,10H2,1-2H3. The van der Waals surface area contributed by atoms with Gasteiger partial charge in [-0.15, -0.1) is 0 Å². The Labute approximate surface area is 106 Å². The van der Waals surface area contributed by atoms with E-state index in [1.807, 2.05) is 38.2 Å². The minimum absolute atomic E-state index is 0.0335. The summed E-state index contributed by atoms with van der Waals surface area (Å²) in [5.41, 5.74) is 2.95. The Morgan fingerprint density at radius 1 is 1.39 bits per heavy atom. The lowest BCUT2D eigenvalue weighted by Gasteiger charge is -2.11. The van der Waals surface area contributed by atoms with E-state index in [2.05, 4.69) is 10.3 Å². The van der Waals surface area contributed by atoms with Crippen LogP contribution < -0.4 is 10.9 Å².